The number of nitrogens with one attached hydrogen (secondary N) is 2. The maximum Gasteiger partial charge on any atom is 0.237 e. The van der Waals surface area contributed by atoms with Crippen LogP contribution < -0.4 is 15.4 Å². The molecule has 0 aliphatic carbocycles. The van der Waals surface area contributed by atoms with E-state index in [0.29, 0.717) is 25.6 Å². The second kappa shape index (κ2) is 9.97. The SMILES string of the molecule is COc1ccccc1C=CCN1CCNC(=O)C1CC(=O)NCC(C)C. The predicted octanol–water partition coefficient (Wildman–Crippen LogP) is 1.67. The predicted molar refractivity (Wildman–Crippen MR) is 103 cm³/mol. The summed E-state index contributed by atoms with van der Waals surface area (Å²) in [4.78, 5) is 26.4. The molecule has 1 aliphatic heterocycles. The van der Waals surface area contributed by atoms with Gasteiger partial charge in [0.15, 0.2) is 0 Å². The van der Waals surface area contributed by atoms with Gasteiger partial charge in [-0.3, -0.25) is 14.5 Å². The quantitative estimate of drug-likeness (QED) is 0.741. The number of piperazine rings is 1. The van der Waals surface area contributed by atoms with Crippen molar-refractivity contribution in [1.82, 2.24) is 15.5 Å². The summed E-state index contributed by atoms with van der Waals surface area (Å²) < 4.78 is 5.34. The fourth-order valence-corrected chi connectivity index (χ4v) is 2.89. The number of para-hydroxylation sites is 1. The molecular weight excluding hydrogens is 330 g/mol. The molecule has 6 nitrogen and oxygen atoms in total. The van der Waals surface area contributed by atoms with Crippen LogP contribution in [-0.2, 0) is 9.59 Å². The first-order valence-corrected chi connectivity index (χ1v) is 9.09. The summed E-state index contributed by atoms with van der Waals surface area (Å²) in [5, 5.41) is 5.74. The third-order valence-corrected chi connectivity index (χ3v) is 4.30. The molecule has 142 valence electrons. The van der Waals surface area contributed by atoms with Crippen molar-refractivity contribution in [3.63, 3.8) is 0 Å². The zero-order valence-corrected chi connectivity index (χ0v) is 15.8. The summed E-state index contributed by atoms with van der Waals surface area (Å²) in [6.45, 7) is 6.65. The van der Waals surface area contributed by atoms with Crippen LogP contribution in [0.3, 0.4) is 0 Å². The van der Waals surface area contributed by atoms with Gasteiger partial charge < -0.3 is 15.4 Å². The van der Waals surface area contributed by atoms with Crippen molar-refractivity contribution >= 4 is 17.9 Å². The molecule has 0 bridgehead atoms. The summed E-state index contributed by atoms with van der Waals surface area (Å²) in [5.74, 6) is 1.03. The summed E-state index contributed by atoms with van der Waals surface area (Å²) >= 11 is 0. The average Bonchev–Trinajstić information content (AvgIpc) is 2.63. The van der Waals surface area contributed by atoms with Crippen molar-refractivity contribution < 1.29 is 14.3 Å². The highest BCUT2D eigenvalue weighted by atomic mass is 16.5. The summed E-state index contributed by atoms with van der Waals surface area (Å²) in [5.41, 5.74) is 0.989. The van der Waals surface area contributed by atoms with Gasteiger partial charge in [-0.05, 0) is 12.0 Å². The third kappa shape index (κ3) is 5.88. The van der Waals surface area contributed by atoms with E-state index in [1.807, 2.05) is 55.2 Å². The fraction of sp³-hybridized carbons (Fsp3) is 0.500. The number of hydrogen-bond donors (Lipinski definition) is 2. The van der Waals surface area contributed by atoms with Gasteiger partial charge in [0.1, 0.15) is 5.75 Å². The highest BCUT2D eigenvalue weighted by Crippen LogP contribution is 2.19. The minimum absolute atomic E-state index is 0.0818. The van der Waals surface area contributed by atoms with Gasteiger partial charge in [0.05, 0.1) is 19.6 Å². The maximum absolute atomic E-state index is 12.2. The van der Waals surface area contributed by atoms with Crippen molar-refractivity contribution in [2.45, 2.75) is 26.3 Å². The van der Waals surface area contributed by atoms with Crippen molar-refractivity contribution in [3.8, 4) is 5.75 Å². The van der Waals surface area contributed by atoms with Crippen molar-refractivity contribution in [2.75, 3.05) is 33.3 Å². The Labute approximate surface area is 155 Å². The molecule has 0 radical (unpaired) electrons. The van der Waals surface area contributed by atoms with Crippen molar-refractivity contribution in [2.24, 2.45) is 5.92 Å². The lowest BCUT2D eigenvalue weighted by molar-refractivity contribution is -0.133. The number of rotatable bonds is 8. The van der Waals surface area contributed by atoms with Crippen LogP contribution in [0.5, 0.6) is 5.75 Å². The summed E-state index contributed by atoms with van der Waals surface area (Å²) in [6, 6.07) is 7.35. The minimum Gasteiger partial charge on any atom is -0.496 e. The fourth-order valence-electron chi connectivity index (χ4n) is 2.89. The smallest absolute Gasteiger partial charge is 0.237 e. The van der Waals surface area contributed by atoms with Crippen LogP contribution in [0, 0.1) is 5.92 Å². The molecule has 1 unspecified atom stereocenters. The Morgan fingerprint density at radius 1 is 1.42 bits per heavy atom. The number of benzene rings is 1. The van der Waals surface area contributed by atoms with Crippen LogP contribution in [0.25, 0.3) is 6.08 Å². The van der Waals surface area contributed by atoms with E-state index < -0.39 is 6.04 Å². The Kier molecular flexibility index (Phi) is 7.66. The van der Waals surface area contributed by atoms with E-state index in [9.17, 15) is 9.59 Å². The Balaban J connectivity index is 1.97. The number of carbonyl (C=O) groups excluding carboxylic acids is 2. The Morgan fingerprint density at radius 2 is 2.19 bits per heavy atom. The van der Waals surface area contributed by atoms with Gasteiger partial charge in [0.2, 0.25) is 11.8 Å². The van der Waals surface area contributed by atoms with Gasteiger partial charge in [0.25, 0.3) is 0 Å². The van der Waals surface area contributed by atoms with E-state index in [-0.39, 0.29) is 18.2 Å². The lowest BCUT2D eigenvalue weighted by Gasteiger charge is -2.34. The van der Waals surface area contributed by atoms with Gasteiger partial charge in [-0.1, -0.05) is 44.2 Å². The van der Waals surface area contributed by atoms with Gasteiger partial charge in [0, 0.05) is 31.7 Å². The van der Waals surface area contributed by atoms with Gasteiger partial charge >= 0.3 is 0 Å². The lowest BCUT2D eigenvalue weighted by atomic mass is 10.1. The highest BCUT2D eigenvalue weighted by molar-refractivity contribution is 5.88. The average molecular weight is 359 g/mol. The molecular formula is C20H29N3O3. The lowest BCUT2D eigenvalue weighted by Crippen LogP contribution is -2.56. The molecule has 1 aromatic carbocycles. The molecule has 2 N–H and O–H groups in total. The topological polar surface area (TPSA) is 70.7 Å². The van der Waals surface area contributed by atoms with Crippen LogP contribution in [0.15, 0.2) is 30.3 Å². The van der Waals surface area contributed by atoms with Crippen LogP contribution in [0.4, 0.5) is 0 Å². The maximum atomic E-state index is 12.2. The first-order valence-electron chi connectivity index (χ1n) is 9.09. The molecule has 6 heteroatoms. The third-order valence-electron chi connectivity index (χ3n) is 4.30. The normalized spacial score (nSPS) is 18.2. The first kappa shape index (κ1) is 20.0. The second-order valence-corrected chi connectivity index (χ2v) is 6.85. The highest BCUT2D eigenvalue weighted by Gasteiger charge is 2.30. The van der Waals surface area contributed by atoms with E-state index in [4.69, 9.17) is 4.74 Å². The largest absolute Gasteiger partial charge is 0.496 e. The zero-order chi connectivity index (χ0) is 18.9. The van der Waals surface area contributed by atoms with Crippen LogP contribution in [0.2, 0.25) is 0 Å². The van der Waals surface area contributed by atoms with Crippen LogP contribution in [0.1, 0.15) is 25.8 Å². The Hall–Kier alpha value is -2.34. The van der Waals surface area contributed by atoms with Crippen LogP contribution in [-0.4, -0.2) is 56.0 Å². The van der Waals surface area contributed by atoms with E-state index >= 15 is 0 Å². The summed E-state index contributed by atoms with van der Waals surface area (Å²) in [7, 11) is 1.65. The van der Waals surface area contributed by atoms with Gasteiger partial charge in [-0.15, -0.1) is 0 Å². The molecule has 1 aromatic rings. The van der Waals surface area contributed by atoms with Crippen molar-refractivity contribution in [1.29, 1.82) is 0 Å². The number of methoxy groups -OCH3 is 1. The monoisotopic (exact) mass is 359 g/mol. The molecule has 1 atom stereocenters. The molecule has 2 amide bonds. The van der Waals surface area contributed by atoms with E-state index in [1.54, 1.807) is 7.11 Å². The first-order chi connectivity index (χ1) is 12.5. The molecule has 1 saturated heterocycles. The van der Waals surface area contributed by atoms with Crippen molar-refractivity contribution in [3.05, 3.63) is 35.9 Å². The number of nitrogens with zero attached hydrogens (tertiary/aromatic N) is 1. The molecule has 2 rings (SSSR count). The Bertz CT molecular complexity index is 643. The van der Waals surface area contributed by atoms with E-state index in [1.165, 1.54) is 0 Å². The molecule has 0 aromatic heterocycles. The second-order valence-electron chi connectivity index (χ2n) is 6.85. The number of amides is 2. The van der Waals surface area contributed by atoms with Gasteiger partial charge in [-0.2, -0.15) is 0 Å². The number of ether oxygens (including phenoxy) is 1. The molecule has 1 fully saturated rings. The molecule has 26 heavy (non-hydrogen) atoms. The molecule has 1 heterocycles. The number of hydrogen-bond acceptors (Lipinski definition) is 4. The summed E-state index contributed by atoms with van der Waals surface area (Å²) in [6.07, 6.45) is 4.18. The van der Waals surface area contributed by atoms with E-state index in [0.717, 1.165) is 17.9 Å². The van der Waals surface area contributed by atoms with Gasteiger partial charge in [-0.25, -0.2) is 0 Å². The molecule has 0 saturated carbocycles. The Morgan fingerprint density at radius 3 is 2.92 bits per heavy atom. The molecule has 1 aliphatic rings. The molecule has 0 spiro atoms. The zero-order valence-electron chi connectivity index (χ0n) is 15.8. The number of carbonyl (C=O) groups is 2. The van der Waals surface area contributed by atoms with Crippen LogP contribution >= 0.6 is 0 Å². The van der Waals surface area contributed by atoms with E-state index in [2.05, 4.69) is 10.6 Å². The standard InChI is InChI=1S/C20H29N3O3/c1-15(2)14-22-19(24)13-17-20(25)21-10-12-23(17)11-6-8-16-7-4-5-9-18(16)26-3/h4-9,15,17H,10-14H2,1-3H3,(H,21,25)(H,22,24). The minimum atomic E-state index is -0.432.